The molecule has 1 atom stereocenters. The monoisotopic (exact) mass is 306 g/mol. The Morgan fingerprint density at radius 3 is 3.10 bits per heavy atom. The van der Waals surface area contributed by atoms with E-state index in [9.17, 15) is 4.79 Å². The van der Waals surface area contributed by atoms with Gasteiger partial charge in [0, 0.05) is 26.1 Å². The second-order valence-electron chi connectivity index (χ2n) is 5.18. The van der Waals surface area contributed by atoms with E-state index in [1.807, 2.05) is 28.8 Å². The van der Waals surface area contributed by atoms with Crippen molar-refractivity contribution >= 4 is 29.2 Å². The van der Waals surface area contributed by atoms with Crippen molar-refractivity contribution in [2.45, 2.75) is 31.9 Å². The van der Waals surface area contributed by atoms with Crippen LogP contribution in [-0.2, 0) is 16.1 Å². The first-order chi connectivity index (χ1) is 10.2. The molecular weight excluding hydrogens is 288 g/mol. The molecule has 1 saturated heterocycles. The van der Waals surface area contributed by atoms with E-state index in [0.29, 0.717) is 24.3 Å². The Bertz CT molecular complexity index is 686. The second kappa shape index (κ2) is 6.41. The highest BCUT2D eigenvalue weighted by atomic mass is 32.1. The van der Waals surface area contributed by atoms with E-state index < -0.39 is 0 Å². The van der Waals surface area contributed by atoms with Crippen LogP contribution in [0.3, 0.4) is 0 Å². The highest BCUT2D eigenvalue weighted by Gasteiger charge is 2.16. The number of aromatic nitrogens is 1. The first kappa shape index (κ1) is 14.3. The predicted octanol–water partition coefficient (Wildman–Crippen LogP) is 2.65. The van der Waals surface area contributed by atoms with E-state index in [-0.39, 0.29) is 12.0 Å². The number of carbonyl (C=O) groups excluding carboxylic acids is 1. The summed E-state index contributed by atoms with van der Waals surface area (Å²) >= 11 is 5.20. The molecule has 6 heteroatoms. The van der Waals surface area contributed by atoms with Crippen LogP contribution in [0, 0.1) is 4.84 Å². The number of carbonyl (C=O) groups is 1. The molecule has 1 aromatic heterocycles. The van der Waals surface area contributed by atoms with Crippen LogP contribution in [0.25, 0.3) is 11.1 Å². The van der Waals surface area contributed by atoms with Crippen molar-refractivity contribution in [1.29, 1.82) is 0 Å². The molecule has 1 aliphatic heterocycles. The van der Waals surface area contributed by atoms with E-state index >= 15 is 0 Å². The van der Waals surface area contributed by atoms with Crippen LogP contribution in [0.4, 0.5) is 0 Å². The van der Waals surface area contributed by atoms with Crippen LogP contribution < -0.4 is 5.32 Å². The number of amides is 1. The summed E-state index contributed by atoms with van der Waals surface area (Å²) in [6.07, 6.45) is 2.66. The number of hydrogen-bond donors (Lipinski definition) is 1. The maximum Gasteiger partial charge on any atom is 0.269 e. The second-order valence-corrected chi connectivity index (χ2v) is 5.53. The van der Waals surface area contributed by atoms with Crippen LogP contribution in [0.5, 0.6) is 0 Å². The number of benzene rings is 1. The van der Waals surface area contributed by atoms with Gasteiger partial charge in [-0.1, -0.05) is 12.1 Å². The van der Waals surface area contributed by atoms with Gasteiger partial charge in [-0.2, -0.15) is 0 Å². The van der Waals surface area contributed by atoms with E-state index in [1.54, 1.807) is 0 Å². The lowest BCUT2D eigenvalue weighted by Crippen LogP contribution is -2.32. The van der Waals surface area contributed by atoms with Crippen LogP contribution in [0.15, 0.2) is 28.7 Å². The Hall–Kier alpha value is -1.66. The fourth-order valence-corrected chi connectivity index (χ4v) is 2.84. The molecule has 1 aliphatic rings. The zero-order valence-corrected chi connectivity index (χ0v) is 12.5. The SMILES string of the molecule is O=C(CCn1c(=S)oc2ccccc21)NCC1CCCO1. The van der Waals surface area contributed by atoms with E-state index in [1.165, 1.54) is 0 Å². The van der Waals surface area contributed by atoms with Gasteiger partial charge >= 0.3 is 0 Å². The van der Waals surface area contributed by atoms with Gasteiger partial charge in [0.25, 0.3) is 4.84 Å². The molecule has 0 spiro atoms. The lowest BCUT2D eigenvalue weighted by molar-refractivity contribution is -0.121. The fourth-order valence-electron chi connectivity index (χ4n) is 2.56. The van der Waals surface area contributed by atoms with E-state index in [0.717, 1.165) is 30.5 Å². The van der Waals surface area contributed by atoms with Gasteiger partial charge in [0.05, 0.1) is 11.6 Å². The molecule has 21 heavy (non-hydrogen) atoms. The summed E-state index contributed by atoms with van der Waals surface area (Å²) < 4.78 is 12.8. The van der Waals surface area contributed by atoms with Crippen LogP contribution in [0.2, 0.25) is 0 Å². The highest BCUT2D eigenvalue weighted by molar-refractivity contribution is 7.71. The Kier molecular flexibility index (Phi) is 4.36. The molecule has 1 amide bonds. The van der Waals surface area contributed by atoms with Crippen LogP contribution >= 0.6 is 12.2 Å². The molecule has 0 saturated carbocycles. The number of hydrogen-bond acceptors (Lipinski definition) is 4. The molecule has 0 bridgehead atoms. The largest absolute Gasteiger partial charge is 0.429 e. The third-order valence-electron chi connectivity index (χ3n) is 3.69. The third kappa shape index (κ3) is 3.33. The van der Waals surface area contributed by atoms with Crippen molar-refractivity contribution in [2.75, 3.05) is 13.2 Å². The van der Waals surface area contributed by atoms with Gasteiger partial charge in [-0.05, 0) is 37.2 Å². The number of nitrogens with zero attached hydrogens (tertiary/aromatic N) is 1. The highest BCUT2D eigenvalue weighted by Crippen LogP contribution is 2.17. The van der Waals surface area contributed by atoms with E-state index in [4.69, 9.17) is 21.4 Å². The van der Waals surface area contributed by atoms with Crippen molar-refractivity contribution in [3.8, 4) is 0 Å². The first-order valence-corrected chi connectivity index (χ1v) is 7.61. The Morgan fingerprint density at radius 1 is 1.43 bits per heavy atom. The molecule has 2 heterocycles. The fraction of sp³-hybridized carbons (Fsp3) is 0.467. The summed E-state index contributed by atoms with van der Waals surface area (Å²) in [5.74, 6) is 0.0117. The molecule has 5 nitrogen and oxygen atoms in total. The summed E-state index contributed by atoms with van der Waals surface area (Å²) in [5, 5.41) is 2.91. The number of aryl methyl sites for hydroxylation is 1. The average molecular weight is 306 g/mol. The number of oxazole rings is 1. The lowest BCUT2D eigenvalue weighted by atomic mass is 10.2. The van der Waals surface area contributed by atoms with Crippen molar-refractivity contribution in [3.63, 3.8) is 0 Å². The minimum atomic E-state index is 0.0117. The van der Waals surface area contributed by atoms with Gasteiger partial charge < -0.3 is 14.5 Å². The number of ether oxygens (including phenoxy) is 1. The first-order valence-electron chi connectivity index (χ1n) is 7.21. The molecule has 1 N–H and O–H groups in total. The Labute approximate surface area is 127 Å². The molecule has 0 radical (unpaired) electrons. The van der Waals surface area contributed by atoms with Gasteiger partial charge in [0.15, 0.2) is 5.58 Å². The number of nitrogens with one attached hydrogen (secondary N) is 1. The van der Waals surface area contributed by atoms with Crippen molar-refractivity contribution < 1.29 is 13.9 Å². The standard InChI is InChI=1S/C15H18N2O3S/c18-14(16-10-11-4-3-9-19-11)7-8-17-12-5-1-2-6-13(12)20-15(17)21/h1-2,5-6,11H,3-4,7-10H2,(H,16,18). The van der Waals surface area contributed by atoms with Gasteiger partial charge in [-0.25, -0.2) is 0 Å². The molecular formula is C15H18N2O3S. The van der Waals surface area contributed by atoms with Gasteiger partial charge in [-0.3, -0.25) is 9.36 Å². The van der Waals surface area contributed by atoms with Gasteiger partial charge in [0.1, 0.15) is 0 Å². The summed E-state index contributed by atoms with van der Waals surface area (Å²) in [6, 6.07) is 7.65. The quantitative estimate of drug-likeness (QED) is 0.863. The summed E-state index contributed by atoms with van der Waals surface area (Å²) in [5.41, 5.74) is 1.68. The number of para-hydroxylation sites is 2. The maximum absolute atomic E-state index is 11.9. The van der Waals surface area contributed by atoms with Crippen molar-refractivity contribution in [1.82, 2.24) is 9.88 Å². The molecule has 1 unspecified atom stereocenters. The molecule has 112 valence electrons. The summed E-state index contributed by atoms with van der Waals surface area (Å²) in [7, 11) is 0. The van der Waals surface area contributed by atoms with Gasteiger partial charge in [-0.15, -0.1) is 0 Å². The topological polar surface area (TPSA) is 56.4 Å². The van der Waals surface area contributed by atoms with Crippen LogP contribution in [-0.4, -0.2) is 29.7 Å². The minimum absolute atomic E-state index is 0.0117. The average Bonchev–Trinajstić information content (AvgIpc) is 3.10. The van der Waals surface area contributed by atoms with Crippen molar-refractivity contribution in [2.24, 2.45) is 0 Å². The van der Waals surface area contributed by atoms with E-state index in [2.05, 4.69) is 5.32 Å². The Balaban J connectivity index is 1.57. The maximum atomic E-state index is 11.9. The molecule has 1 fully saturated rings. The summed E-state index contributed by atoms with van der Waals surface area (Å²) in [4.78, 5) is 12.3. The molecule has 1 aromatic carbocycles. The molecule has 0 aliphatic carbocycles. The number of rotatable bonds is 5. The normalized spacial score (nSPS) is 18.2. The molecule has 3 rings (SSSR count). The zero-order valence-electron chi connectivity index (χ0n) is 11.7. The minimum Gasteiger partial charge on any atom is -0.429 e. The molecule has 2 aromatic rings. The summed E-state index contributed by atoms with van der Waals surface area (Å²) in [6.45, 7) is 1.92. The smallest absolute Gasteiger partial charge is 0.269 e. The third-order valence-corrected chi connectivity index (χ3v) is 3.99. The van der Waals surface area contributed by atoms with Gasteiger partial charge in [0.2, 0.25) is 5.91 Å². The Morgan fingerprint density at radius 2 is 2.29 bits per heavy atom. The zero-order chi connectivity index (χ0) is 14.7. The lowest BCUT2D eigenvalue weighted by Gasteiger charge is -2.10. The van der Waals surface area contributed by atoms with Crippen molar-refractivity contribution in [3.05, 3.63) is 29.1 Å². The predicted molar refractivity (Wildman–Crippen MR) is 81.6 cm³/mol. The number of fused-ring (bicyclic) bond motifs is 1. The van der Waals surface area contributed by atoms with Crippen LogP contribution in [0.1, 0.15) is 19.3 Å².